The quantitative estimate of drug-likeness (QED) is 0.128. The predicted octanol–water partition coefficient (Wildman–Crippen LogP) is 25.9. The Morgan fingerprint density at radius 2 is 0.500 bits per heavy atom. The van der Waals surface area contributed by atoms with E-state index in [0.29, 0.717) is 35.2 Å². The molecule has 4 aromatic heterocycles. The van der Waals surface area contributed by atoms with Gasteiger partial charge in [-0.15, -0.1) is 0 Å². The highest BCUT2D eigenvalue weighted by Crippen LogP contribution is 2.64. The van der Waals surface area contributed by atoms with E-state index in [9.17, 15) is 0 Å². The summed E-state index contributed by atoms with van der Waals surface area (Å²) in [5, 5.41) is 4.51. The van der Waals surface area contributed by atoms with Crippen molar-refractivity contribution in [3.63, 3.8) is 0 Å². The van der Waals surface area contributed by atoms with Crippen molar-refractivity contribution in [1.82, 2.24) is 39.0 Å². The highest BCUT2D eigenvalue weighted by Gasteiger charge is 2.52. The molecule has 0 N–H and O–H groups in total. The van der Waals surface area contributed by atoms with E-state index >= 15 is 0 Å². The van der Waals surface area contributed by atoms with E-state index in [1.54, 1.807) is 0 Å². The molecule has 0 saturated carbocycles. The zero-order valence-corrected chi connectivity index (χ0v) is 62.4. The topological polar surface area (TPSA) is 87.2 Å². The number of para-hydroxylation sites is 1. The van der Waals surface area contributed by atoms with Gasteiger partial charge in [-0.25, -0.2) is 9.97 Å². The fraction of sp³-hybridized carbons (Fsp3) is 0.0377. The van der Waals surface area contributed by atoms with E-state index in [-0.39, 0.29) is 5.41 Å². The summed E-state index contributed by atoms with van der Waals surface area (Å²) in [7, 11) is 0. The normalized spacial score (nSPS) is 13.1. The summed E-state index contributed by atoms with van der Waals surface area (Å²) in [5.74, 6) is 3.51. The van der Waals surface area contributed by atoms with Gasteiger partial charge < -0.3 is 0 Å². The number of aromatic nitrogens is 8. The van der Waals surface area contributed by atoms with Gasteiger partial charge in [-0.3, -0.25) is 9.13 Å². The van der Waals surface area contributed by atoms with Crippen molar-refractivity contribution in [2.75, 3.05) is 0 Å². The number of nitrogens with zero attached hydrogens (tertiary/aromatic N) is 8. The standard InChI is InChI=1S/C106H68N8/c1-105(2)89-47-20-15-44-81(89)84-61-88-86-60-74(52-53-96(86)114(97(88)63-93(84)105)103-109-99(66-30-9-4-10-31-66)107-100(110-103)67-32-11-5-12-33-67)70-37-26-40-73(55-70)78-58-76(65-28-7-3-8-29-65)57-77(59-78)72-39-25-36-69(54-72)71-38-27-41-75(56-71)102-108-101(68-34-13-6-14-35-68)111-104(112-102)113-95-51-24-19-46-83(95)87-62-85-82-45-18-23-50-92(82)106(94(85)64-98(87)113)90-48-21-16-42-79(90)80-43-17-22-49-91(80)106/h3-64H,1-2H3. The van der Waals surface area contributed by atoms with Crippen LogP contribution in [0.1, 0.15) is 47.2 Å². The number of benzene rings is 16. The molecule has 8 nitrogen and oxygen atoms in total. The van der Waals surface area contributed by atoms with Crippen LogP contribution in [0, 0.1) is 0 Å². The van der Waals surface area contributed by atoms with Gasteiger partial charge in [0.1, 0.15) is 0 Å². The van der Waals surface area contributed by atoms with Gasteiger partial charge in [-0.2, -0.15) is 19.9 Å². The molecule has 0 unspecified atom stereocenters. The maximum absolute atomic E-state index is 5.58. The molecule has 23 rings (SSSR count). The molecule has 0 aliphatic heterocycles. The van der Waals surface area contributed by atoms with Gasteiger partial charge in [0, 0.05) is 49.2 Å². The Balaban J connectivity index is 0.636. The van der Waals surface area contributed by atoms with Crippen LogP contribution in [0.5, 0.6) is 0 Å². The van der Waals surface area contributed by atoms with Crippen molar-refractivity contribution in [3.05, 3.63) is 409 Å². The largest absolute Gasteiger partial charge is 0.278 e. The molecule has 20 aromatic rings. The summed E-state index contributed by atoms with van der Waals surface area (Å²) in [6.45, 7) is 4.69. The van der Waals surface area contributed by atoms with Gasteiger partial charge in [-0.1, -0.05) is 311 Å². The minimum atomic E-state index is -0.535. The van der Waals surface area contributed by atoms with E-state index in [0.717, 1.165) is 122 Å². The molecular weight excluding hydrogens is 1390 g/mol. The molecule has 1 spiro atoms. The van der Waals surface area contributed by atoms with Crippen LogP contribution >= 0.6 is 0 Å². The fourth-order valence-electron chi connectivity index (χ4n) is 18.9. The second-order valence-corrected chi connectivity index (χ2v) is 30.9. The Hall–Kier alpha value is -14.9. The van der Waals surface area contributed by atoms with E-state index < -0.39 is 5.41 Å². The third-order valence-electron chi connectivity index (χ3n) is 24.2. The zero-order chi connectivity index (χ0) is 75.3. The van der Waals surface area contributed by atoms with E-state index in [1.165, 1.54) is 66.8 Å². The summed E-state index contributed by atoms with van der Waals surface area (Å²) in [6, 6.07) is 136. The molecule has 114 heavy (non-hydrogen) atoms. The SMILES string of the molecule is CC1(C)c2ccccc2-c2cc3c4cc(-c5cccc(-c6cc(-c7ccccc7)cc(-c7cccc(-c8cccc(-c9nc(-c%10ccccc%10)nc(-n%10c%11ccccc%11c%11cc%12c(cc%11%10)C%10(c%11ccccc%11-c%11ccccc%11%10)c%10ccccc%10-%12)n9)c8)c7)c6)c5)ccc4n(-c4nc(-c5ccccc5)nc(-c5ccccc5)n4)c3cc21. The van der Waals surface area contributed by atoms with Crippen LogP contribution in [0.2, 0.25) is 0 Å². The third-order valence-corrected chi connectivity index (χ3v) is 24.2. The van der Waals surface area contributed by atoms with Crippen molar-refractivity contribution in [3.8, 4) is 146 Å². The average molecular weight is 1450 g/mol. The number of rotatable bonds is 11. The van der Waals surface area contributed by atoms with Crippen LogP contribution in [0.3, 0.4) is 0 Å². The maximum Gasteiger partial charge on any atom is 0.238 e. The lowest BCUT2D eigenvalue weighted by atomic mass is 9.70. The van der Waals surface area contributed by atoms with Crippen molar-refractivity contribution in [2.45, 2.75) is 24.7 Å². The van der Waals surface area contributed by atoms with Gasteiger partial charge in [0.2, 0.25) is 11.9 Å². The molecule has 532 valence electrons. The highest BCUT2D eigenvalue weighted by atomic mass is 15.2. The average Bonchev–Trinajstić information content (AvgIpc) is 1.50. The van der Waals surface area contributed by atoms with Crippen molar-refractivity contribution >= 4 is 43.6 Å². The summed E-state index contributed by atoms with van der Waals surface area (Å²) in [5.41, 5.74) is 33.3. The molecule has 0 saturated heterocycles. The van der Waals surface area contributed by atoms with E-state index in [2.05, 4.69) is 357 Å². The highest BCUT2D eigenvalue weighted by molar-refractivity contribution is 6.14. The molecule has 3 aliphatic rings. The molecule has 16 aromatic carbocycles. The monoisotopic (exact) mass is 1450 g/mol. The van der Waals surface area contributed by atoms with Crippen molar-refractivity contribution < 1.29 is 0 Å². The van der Waals surface area contributed by atoms with Crippen LogP contribution in [-0.4, -0.2) is 39.0 Å². The van der Waals surface area contributed by atoms with Crippen molar-refractivity contribution in [2.24, 2.45) is 0 Å². The summed E-state index contributed by atoms with van der Waals surface area (Å²) < 4.78 is 4.54. The van der Waals surface area contributed by atoms with Crippen LogP contribution < -0.4 is 0 Å². The van der Waals surface area contributed by atoms with Crippen LogP contribution in [0.15, 0.2) is 376 Å². The smallest absolute Gasteiger partial charge is 0.238 e. The third kappa shape index (κ3) is 10.0. The van der Waals surface area contributed by atoms with Gasteiger partial charge in [0.25, 0.3) is 0 Å². The molecule has 0 radical (unpaired) electrons. The molecule has 3 aliphatic carbocycles. The lowest BCUT2D eigenvalue weighted by Crippen LogP contribution is -2.25. The Labute approximate surface area is 659 Å². The fourth-order valence-corrected chi connectivity index (χ4v) is 18.9. The van der Waals surface area contributed by atoms with E-state index in [4.69, 9.17) is 29.9 Å². The first-order chi connectivity index (χ1) is 56.2. The number of hydrogen-bond donors (Lipinski definition) is 0. The molecule has 0 fully saturated rings. The van der Waals surface area contributed by atoms with Gasteiger partial charge in [-0.05, 0) is 201 Å². The number of hydrogen-bond acceptors (Lipinski definition) is 6. The minimum Gasteiger partial charge on any atom is -0.278 e. The first-order valence-corrected chi connectivity index (χ1v) is 39.0. The van der Waals surface area contributed by atoms with Crippen LogP contribution in [0.25, 0.3) is 190 Å². The summed E-state index contributed by atoms with van der Waals surface area (Å²) in [6.07, 6.45) is 0. The zero-order valence-electron chi connectivity index (χ0n) is 62.4. The second kappa shape index (κ2) is 25.3. The predicted molar refractivity (Wildman–Crippen MR) is 465 cm³/mol. The molecule has 0 bridgehead atoms. The minimum absolute atomic E-state index is 0.238. The van der Waals surface area contributed by atoms with E-state index in [1.807, 2.05) is 42.5 Å². The first kappa shape index (κ1) is 65.1. The molecule has 8 heteroatoms. The van der Waals surface area contributed by atoms with Gasteiger partial charge >= 0.3 is 0 Å². The molecule has 0 atom stereocenters. The maximum atomic E-state index is 5.58. The first-order valence-electron chi connectivity index (χ1n) is 39.0. The van der Waals surface area contributed by atoms with Crippen LogP contribution in [0.4, 0.5) is 0 Å². The van der Waals surface area contributed by atoms with Gasteiger partial charge in [0.05, 0.1) is 27.5 Å². The Morgan fingerprint density at radius 3 is 1.00 bits per heavy atom. The van der Waals surface area contributed by atoms with Gasteiger partial charge in [0.15, 0.2) is 23.3 Å². The Kier molecular flexibility index (Phi) is 14.5. The Bertz CT molecular complexity index is 7280. The lowest BCUT2D eigenvalue weighted by molar-refractivity contribution is 0.661. The van der Waals surface area contributed by atoms with Crippen molar-refractivity contribution in [1.29, 1.82) is 0 Å². The second-order valence-electron chi connectivity index (χ2n) is 30.9. The molecular formula is C106H68N8. The Morgan fingerprint density at radius 1 is 0.184 bits per heavy atom. The molecule has 4 heterocycles. The molecule has 0 amide bonds. The lowest BCUT2D eigenvalue weighted by Gasteiger charge is -2.30. The summed E-state index contributed by atoms with van der Waals surface area (Å²) in [4.78, 5) is 32.3. The number of fused-ring (bicyclic) bond motifs is 19. The van der Waals surface area contributed by atoms with Crippen LogP contribution in [-0.2, 0) is 10.8 Å². The summed E-state index contributed by atoms with van der Waals surface area (Å²) >= 11 is 0.